The zero-order valence-corrected chi connectivity index (χ0v) is 17.0. The Bertz CT molecular complexity index is 1030. The second-order valence-electron chi connectivity index (χ2n) is 6.81. The van der Waals surface area contributed by atoms with Gasteiger partial charge in [-0.15, -0.1) is 12.4 Å². The van der Waals surface area contributed by atoms with Crippen LogP contribution in [0.15, 0.2) is 48.9 Å². The highest BCUT2D eigenvalue weighted by Crippen LogP contribution is 2.27. The van der Waals surface area contributed by atoms with E-state index in [1.165, 1.54) is 12.3 Å². The molecule has 0 bridgehead atoms. The molecule has 3 aromatic rings. The first-order chi connectivity index (χ1) is 14.4. The minimum absolute atomic E-state index is 0. The lowest BCUT2D eigenvalue weighted by Crippen LogP contribution is -2.33. The molecule has 0 saturated carbocycles. The van der Waals surface area contributed by atoms with Crippen LogP contribution in [-0.4, -0.2) is 45.2 Å². The van der Waals surface area contributed by atoms with Gasteiger partial charge in [0.1, 0.15) is 17.7 Å². The molecule has 1 aliphatic rings. The van der Waals surface area contributed by atoms with Crippen molar-refractivity contribution in [2.75, 3.05) is 19.7 Å². The van der Waals surface area contributed by atoms with Gasteiger partial charge in [0.25, 0.3) is 0 Å². The van der Waals surface area contributed by atoms with Gasteiger partial charge in [-0.05, 0) is 17.2 Å². The first-order valence-electron chi connectivity index (χ1n) is 9.30. The van der Waals surface area contributed by atoms with E-state index in [4.69, 9.17) is 4.74 Å². The highest BCUT2D eigenvalue weighted by molar-refractivity contribution is 5.95. The topological polar surface area (TPSA) is 81.9 Å². The van der Waals surface area contributed by atoms with E-state index in [0.717, 1.165) is 41.3 Å². The van der Waals surface area contributed by atoms with Crippen molar-refractivity contribution in [3.05, 3.63) is 71.4 Å². The second kappa shape index (κ2) is 9.54. The molecule has 2 aromatic heterocycles. The van der Waals surface area contributed by atoms with E-state index >= 15 is 0 Å². The quantitative estimate of drug-likeness (QED) is 0.597. The zero-order valence-electron chi connectivity index (χ0n) is 16.2. The summed E-state index contributed by atoms with van der Waals surface area (Å²) in [5.41, 5.74) is 0.912. The van der Waals surface area contributed by atoms with Crippen LogP contribution in [-0.2, 0) is 17.3 Å². The van der Waals surface area contributed by atoms with Gasteiger partial charge in [-0.25, -0.2) is 14.6 Å². The van der Waals surface area contributed by atoms with Gasteiger partial charge in [0, 0.05) is 31.8 Å². The first kappa shape index (κ1) is 22.9. The van der Waals surface area contributed by atoms with Gasteiger partial charge in [0.15, 0.2) is 11.6 Å². The van der Waals surface area contributed by atoms with Gasteiger partial charge in [-0.1, -0.05) is 24.3 Å². The van der Waals surface area contributed by atoms with Crippen LogP contribution in [0.3, 0.4) is 0 Å². The van der Waals surface area contributed by atoms with E-state index in [2.05, 4.69) is 20.4 Å². The number of halogens is 4. The fourth-order valence-corrected chi connectivity index (χ4v) is 3.13. The van der Waals surface area contributed by atoms with E-state index in [9.17, 15) is 18.0 Å². The van der Waals surface area contributed by atoms with E-state index in [1.807, 2.05) is 24.3 Å². The molecular formula is C20H19ClF3N5O2. The second-order valence-corrected chi connectivity index (χ2v) is 6.81. The molecule has 0 spiro atoms. The van der Waals surface area contributed by atoms with Crippen molar-refractivity contribution in [3.63, 3.8) is 0 Å². The van der Waals surface area contributed by atoms with Crippen LogP contribution in [0.5, 0.6) is 0 Å². The number of hydrogen-bond acceptors (Lipinski definition) is 6. The number of ether oxygens (including phenoxy) is 1. The molecule has 3 heterocycles. The van der Waals surface area contributed by atoms with Crippen molar-refractivity contribution in [3.8, 4) is 5.82 Å². The van der Waals surface area contributed by atoms with E-state index < -0.39 is 11.9 Å². The van der Waals surface area contributed by atoms with E-state index in [0.29, 0.717) is 6.61 Å². The maximum atomic E-state index is 12.8. The molecule has 0 amide bonds. The summed E-state index contributed by atoms with van der Waals surface area (Å²) in [5, 5.41) is 7.34. The average molecular weight is 454 g/mol. The fraction of sp³-hybridized carbons (Fsp3) is 0.300. The van der Waals surface area contributed by atoms with Gasteiger partial charge < -0.3 is 10.1 Å². The molecule has 7 nitrogen and oxygen atoms in total. The van der Waals surface area contributed by atoms with Crippen LogP contribution in [0.2, 0.25) is 0 Å². The summed E-state index contributed by atoms with van der Waals surface area (Å²) >= 11 is 0. The summed E-state index contributed by atoms with van der Waals surface area (Å²) in [4.78, 5) is 19.6. The molecule has 0 unspecified atom stereocenters. The summed E-state index contributed by atoms with van der Waals surface area (Å²) in [6, 6.07) is 9.82. The first-order valence-corrected chi connectivity index (χ1v) is 9.30. The molecule has 1 aliphatic heterocycles. The Labute approximate surface area is 182 Å². The third-order valence-electron chi connectivity index (χ3n) is 4.70. The third kappa shape index (κ3) is 5.46. The number of morpholine rings is 1. The van der Waals surface area contributed by atoms with Crippen LogP contribution in [0.1, 0.15) is 33.4 Å². The Kier molecular flexibility index (Phi) is 7.04. The van der Waals surface area contributed by atoms with E-state index in [1.54, 1.807) is 0 Å². The average Bonchev–Trinajstić information content (AvgIpc) is 3.25. The lowest BCUT2D eigenvalue weighted by Gasteiger charge is -2.24. The lowest BCUT2D eigenvalue weighted by atomic mass is 10.0. The number of aromatic nitrogens is 4. The fourth-order valence-electron chi connectivity index (χ4n) is 3.13. The molecular weight excluding hydrogens is 435 g/mol. The van der Waals surface area contributed by atoms with E-state index in [-0.39, 0.29) is 42.2 Å². The highest BCUT2D eigenvalue weighted by atomic mass is 35.5. The molecule has 1 N–H and O–H groups in total. The van der Waals surface area contributed by atoms with Crippen molar-refractivity contribution >= 4 is 18.2 Å². The SMILES string of the molecule is Cl.O=C(Cc1ccc([C@H]2CNCCO2)cc1)c1ccn(-c2cc(C(F)(F)F)ncn2)n1. The Morgan fingerprint density at radius 3 is 2.65 bits per heavy atom. The molecule has 164 valence electrons. The molecule has 11 heteroatoms. The molecule has 4 rings (SSSR count). The molecule has 0 aliphatic carbocycles. The van der Waals surface area contributed by atoms with Gasteiger partial charge in [0.2, 0.25) is 0 Å². The number of ketones is 1. The molecule has 31 heavy (non-hydrogen) atoms. The van der Waals surface area contributed by atoms with Crippen molar-refractivity contribution in [2.24, 2.45) is 0 Å². The number of nitrogens with one attached hydrogen (secondary N) is 1. The number of carbonyl (C=O) groups excluding carboxylic acids is 1. The summed E-state index contributed by atoms with van der Waals surface area (Å²) in [6.45, 7) is 2.24. The number of carbonyl (C=O) groups is 1. The van der Waals surface area contributed by atoms with Crippen LogP contribution in [0, 0.1) is 0 Å². The Hall–Kier alpha value is -2.82. The third-order valence-corrected chi connectivity index (χ3v) is 4.70. The van der Waals surface area contributed by atoms with Gasteiger partial charge in [-0.3, -0.25) is 4.79 Å². The van der Waals surface area contributed by atoms with Gasteiger partial charge >= 0.3 is 6.18 Å². The maximum absolute atomic E-state index is 12.8. The number of alkyl halides is 3. The van der Waals surface area contributed by atoms with Gasteiger partial charge in [0.05, 0.1) is 12.7 Å². The van der Waals surface area contributed by atoms with Gasteiger partial charge in [-0.2, -0.15) is 18.3 Å². The molecule has 1 saturated heterocycles. The number of rotatable bonds is 5. The van der Waals surface area contributed by atoms with Crippen LogP contribution >= 0.6 is 12.4 Å². The Morgan fingerprint density at radius 2 is 1.97 bits per heavy atom. The predicted molar refractivity (Wildman–Crippen MR) is 107 cm³/mol. The van der Waals surface area contributed by atoms with Crippen molar-refractivity contribution in [1.29, 1.82) is 0 Å². The molecule has 0 radical (unpaired) electrons. The number of benzene rings is 1. The smallest absolute Gasteiger partial charge is 0.371 e. The minimum atomic E-state index is -4.59. The zero-order chi connectivity index (χ0) is 21.1. The summed E-state index contributed by atoms with van der Waals surface area (Å²) < 4.78 is 45.3. The van der Waals surface area contributed by atoms with Crippen molar-refractivity contribution in [2.45, 2.75) is 18.7 Å². The van der Waals surface area contributed by atoms with Crippen molar-refractivity contribution < 1.29 is 22.7 Å². The lowest BCUT2D eigenvalue weighted by molar-refractivity contribution is -0.141. The maximum Gasteiger partial charge on any atom is 0.433 e. The number of nitrogens with zero attached hydrogens (tertiary/aromatic N) is 4. The minimum Gasteiger partial charge on any atom is -0.371 e. The normalized spacial score (nSPS) is 16.5. The Morgan fingerprint density at radius 1 is 1.19 bits per heavy atom. The predicted octanol–water partition coefficient (Wildman–Crippen LogP) is 3.19. The number of Topliss-reactive ketones (excluding diaryl/α,β-unsaturated/α-hetero) is 1. The molecule has 1 aromatic carbocycles. The molecule has 1 atom stereocenters. The molecule has 1 fully saturated rings. The summed E-state index contributed by atoms with van der Waals surface area (Å²) in [6.07, 6.45) is -2.26. The largest absolute Gasteiger partial charge is 0.433 e. The summed E-state index contributed by atoms with van der Waals surface area (Å²) in [7, 11) is 0. The van der Waals surface area contributed by atoms with Crippen LogP contribution < -0.4 is 5.32 Å². The van der Waals surface area contributed by atoms with Crippen molar-refractivity contribution in [1.82, 2.24) is 25.1 Å². The summed E-state index contributed by atoms with van der Waals surface area (Å²) in [5.74, 6) is -0.316. The Balaban J connectivity index is 0.00000272. The monoisotopic (exact) mass is 453 g/mol. The number of hydrogen-bond donors (Lipinski definition) is 1. The standard InChI is InChI=1S/C20H18F3N5O2.ClH/c21-20(22,23)18-10-19(26-12-25-18)28-7-5-15(27-28)16(29)9-13-1-3-14(4-2-13)17-11-24-6-8-30-17;/h1-5,7,10,12,17,24H,6,8-9,11H2;1H/t17-;/m1./s1. The van der Waals surface area contributed by atoms with Crippen LogP contribution in [0.4, 0.5) is 13.2 Å². The highest BCUT2D eigenvalue weighted by Gasteiger charge is 2.33. The van der Waals surface area contributed by atoms with Crippen LogP contribution in [0.25, 0.3) is 5.82 Å².